The Morgan fingerprint density at radius 1 is 0.447 bits per heavy atom. The fraction of sp³-hybridized carbons (Fsp3) is 0.169. The number of nitrogen functional groups attached to an aromatic ring is 4. The van der Waals surface area contributed by atoms with Gasteiger partial charge in [-0.15, -0.1) is 5.10 Å². The van der Waals surface area contributed by atoms with E-state index in [1.807, 2.05) is 65.1 Å². The third-order valence-electron chi connectivity index (χ3n) is 20.0. The lowest BCUT2D eigenvalue weighted by atomic mass is 10.0. The summed E-state index contributed by atoms with van der Waals surface area (Å²) in [6, 6.07) is 47.4. The maximum absolute atomic E-state index is 15.0. The number of benzene rings is 8. The van der Waals surface area contributed by atoms with E-state index in [1.165, 1.54) is 66.9 Å². The van der Waals surface area contributed by atoms with Crippen molar-refractivity contribution in [3.63, 3.8) is 0 Å². The molecule has 4 amide bonds. The van der Waals surface area contributed by atoms with Crippen molar-refractivity contribution < 1.29 is 56.4 Å². The Morgan fingerprint density at radius 2 is 0.846 bits per heavy atom. The number of rotatable bonds is 24. The highest BCUT2D eigenvalue weighted by Gasteiger charge is 2.30. The molecule has 0 aliphatic heterocycles. The zero-order chi connectivity index (χ0) is 87.0. The van der Waals surface area contributed by atoms with Gasteiger partial charge in [-0.1, -0.05) is 120 Å². The van der Waals surface area contributed by atoms with Crippen LogP contribution in [0.3, 0.4) is 0 Å². The molecule has 18 N–H and O–H groups in total. The van der Waals surface area contributed by atoms with Crippen molar-refractivity contribution in [2.75, 3.05) is 49.3 Å². The molecule has 4 atom stereocenters. The number of pyridine rings is 1. The Morgan fingerprint density at radius 3 is 1.24 bits per heavy atom. The van der Waals surface area contributed by atoms with Gasteiger partial charge in [0, 0.05) is 74.8 Å². The first-order valence-corrected chi connectivity index (χ1v) is 39.6. The highest BCUT2D eigenvalue weighted by atomic mass is 127. The number of aryl methyl sites for hydroxylation is 1. The van der Waals surface area contributed by atoms with Crippen molar-refractivity contribution in [1.29, 1.82) is 0 Å². The average Bonchev–Trinajstić information content (AvgIpc) is 1.78. The van der Waals surface area contributed by atoms with Crippen LogP contribution in [0.5, 0.6) is 0 Å². The van der Waals surface area contributed by atoms with Gasteiger partial charge in [-0.25, -0.2) is 61.5 Å². The monoisotopic (exact) mass is 1780 g/mol. The average molecular weight is 1780 g/mol. The lowest BCUT2D eigenvalue weighted by molar-refractivity contribution is 0.0904. The number of anilines is 4. The van der Waals surface area contributed by atoms with Gasteiger partial charge >= 0.3 is 0 Å². The SMILES string of the molecule is Cn1nncc1-c1cnc(N)c(-c2ccc(C(=O)N[C@H](CO)c3cc(F)cc(I)c3)c(F)c2)c1.NC[C@@H](NC(=O)c1ccc(-c2nc(C3CC3)cnc2N)cc1F)c1ccccc1.Nc1ncc(-c2cn[nH]c2)nc1-c1ccc(C(=O)N[C@H](CO)c2ccccc2)c(F)c1.Nc1ncc(C2CC2)nc1-c1ccc(C(=O)N[C@H](CO)c2ccccc2)c(F)c1. The minimum atomic E-state index is -0.903. The smallest absolute Gasteiger partial charge is 0.254 e. The summed E-state index contributed by atoms with van der Waals surface area (Å²) in [5.74, 6) is -4.32. The number of H-pyrrole nitrogens is 1. The Hall–Kier alpha value is -14.2. The molecule has 34 heteroatoms. The highest BCUT2D eigenvalue weighted by Crippen LogP contribution is 2.42. The summed E-state index contributed by atoms with van der Waals surface area (Å²) in [4.78, 5) is 80.7. The van der Waals surface area contributed by atoms with Crippen LogP contribution in [-0.4, -0.2) is 125 Å². The normalized spacial score (nSPS) is 13.1. The van der Waals surface area contributed by atoms with Gasteiger partial charge in [-0.3, -0.25) is 24.3 Å². The highest BCUT2D eigenvalue weighted by molar-refractivity contribution is 14.1. The standard InChI is InChI=1S/C23H19F2IN6O2.C22H19FN6O2.C22H22FN5O.C22H21FN4O2/c1-32-21(10-29-31-32)14-6-18(22(27)28-9-14)12-2-3-17(19(25)7-12)23(34)30-20(11-33)13-4-15(24)8-16(26)5-13;23-17-8-14(20-21(24)25-11-18(28-20)15-9-26-27-10-15)6-7-16(17)22(31)29-19(12-30)13-4-2-1-3-5-13;23-17-10-15(20-21(25)26-12-19(27-20)14-6-7-14)8-9-16(17)22(29)28-18(11-24)13-4-2-1-3-5-13;23-17-10-15(20-21(24)25-11-18(26-20)14-6-7-14)8-9-16(17)22(29)27-19(12-28)13-4-2-1-3-5-13/h2-10,20,33H,11H2,1H3,(H2,27,28)(H,30,34);1-11,19,30H,12H2,(H2,24,25)(H,26,27)(H,29,31);1-5,8-10,12,14,18H,6-7,11,24H2,(H2,25,26)(H,28,29);1-5,8-11,14,19,28H,6-7,12H2,(H2,24,25)(H,27,29)/t20-;19-;18-;19-/m1111/s1. The number of nitrogens with one attached hydrogen (secondary N) is 5. The summed E-state index contributed by atoms with van der Waals surface area (Å²) in [7, 11) is 1.73. The van der Waals surface area contributed by atoms with E-state index in [0.29, 0.717) is 88.4 Å². The van der Waals surface area contributed by atoms with Crippen LogP contribution in [0.25, 0.3) is 67.4 Å². The quantitative estimate of drug-likeness (QED) is 0.0197. The lowest BCUT2D eigenvalue weighted by Gasteiger charge is -2.18. The molecule has 28 nitrogen and oxygen atoms in total. The minimum absolute atomic E-state index is 0.0620. The first kappa shape index (κ1) is 86.6. The van der Waals surface area contributed by atoms with Crippen molar-refractivity contribution in [3.8, 4) is 67.4 Å². The summed E-state index contributed by atoms with van der Waals surface area (Å²) in [6.07, 6.45) is 15.5. The van der Waals surface area contributed by atoms with Crippen molar-refractivity contribution in [2.45, 2.75) is 61.7 Å². The predicted molar refractivity (Wildman–Crippen MR) is 461 cm³/mol. The largest absolute Gasteiger partial charge is 0.394 e. The van der Waals surface area contributed by atoms with Gasteiger partial charge in [0.1, 0.15) is 69.4 Å². The number of aliphatic hydroxyl groups is 3. The van der Waals surface area contributed by atoms with Crippen LogP contribution >= 0.6 is 22.6 Å². The molecule has 16 rings (SSSR count). The molecule has 0 bridgehead atoms. The summed E-state index contributed by atoms with van der Waals surface area (Å²) in [6.45, 7) is -0.893. The molecule has 2 aliphatic rings. The molecule has 0 saturated heterocycles. The topological polar surface area (TPSA) is 457 Å². The zero-order valence-corrected chi connectivity index (χ0v) is 67.8. The molecule has 0 spiro atoms. The molecule has 0 radical (unpaired) electrons. The molecule has 626 valence electrons. The number of carbonyl (C=O) groups is 4. The third-order valence-corrected chi connectivity index (χ3v) is 20.7. The first-order valence-electron chi connectivity index (χ1n) is 38.5. The maximum Gasteiger partial charge on any atom is 0.254 e. The van der Waals surface area contributed by atoms with Crippen molar-refractivity contribution in [3.05, 3.63) is 320 Å². The van der Waals surface area contributed by atoms with E-state index in [4.69, 9.17) is 28.7 Å². The van der Waals surface area contributed by atoms with Gasteiger partial charge in [0.15, 0.2) is 0 Å². The molecule has 0 unspecified atom stereocenters. The fourth-order valence-electron chi connectivity index (χ4n) is 13.1. The number of nitrogens with zero attached hydrogens (tertiary/aromatic N) is 11. The molecule has 2 fully saturated rings. The zero-order valence-electron chi connectivity index (χ0n) is 65.6. The van der Waals surface area contributed by atoms with Crippen molar-refractivity contribution >= 4 is 69.5 Å². The second-order valence-corrected chi connectivity index (χ2v) is 29.8. The van der Waals surface area contributed by atoms with Crippen LogP contribution in [-0.2, 0) is 7.05 Å². The van der Waals surface area contributed by atoms with Gasteiger partial charge in [0.05, 0.1) is 120 Å². The van der Waals surface area contributed by atoms with Gasteiger partial charge in [0.25, 0.3) is 23.6 Å². The molecule has 6 aromatic heterocycles. The van der Waals surface area contributed by atoms with E-state index >= 15 is 0 Å². The van der Waals surface area contributed by atoms with Crippen LogP contribution < -0.4 is 49.9 Å². The van der Waals surface area contributed by atoms with Gasteiger partial charge in [0.2, 0.25) is 0 Å². The van der Waals surface area contributed by atoms with Crippen molar-refractivity contribution in [1.82, 2.24) is 81.3 Å². The molecule has 2 saturated carbocycles. The number of nitrogens with two attached hydrogens (primary N) is 5. The number of carbonyl (C=O) groups excluding carboxylic acids is 4. The maximum atomic E-state index is 15.0. The molecular weight excluding hydrogens is 1700 g/mol. The minimum Gasteiger partial charge on any atom is -0.394 e. The number of aromatic amines is 1. The molecule has 2 aliphatic carbocycles. The van der Waals surface area contributed by atoms with E-state index in [1.54, 1.807) is 134 Å². The van der Waals surface area contributed by atoms with E-state index < -0.39 is 83.5 Å². The predicted octanol–water partition coefficient (Wildman–Crippen LogP) is 12.6. The Balaban J connectivity index is 0.000000141. The number of hydrogen-bond donors (Lipinski definition) is 13. The number of halogens is 6. The Labute approximate surface area is 714 Å². The fourth-order valence-corrected chi connectivity index (χ4v) is 13.8. The van der Waals surface area contributed by atoms with Gasteiger partial charge in [-0.05, 0) is 149 Å². The van der Waals surface area contributed by atoms with Gasteiger partial charge in [-0.2, -0.15) is 5.10 Å². The van der Waals surface area contributed by atoms with E-state index in [-0.39, 0.29) is 65.3 Å². The van der Waals surface area contributed by atoms with Crippen molar-refractivity contribution in [2.24, 2.45) is 12.8 Å². The van der Waals surface area contributed by atoms with E-state index in [0.717, 1.165) is 53.8 Å². The first-order chi connectivity index (χ1) is 59.4. The lowest BCUT2D eigenvalue weighted by Crippen LogP contribution is -2.33. The Bertz CT molecular complexity index is 5930. The number of aliphatic hydroxyl groups excluding tert-OH is 3. The third kappa shape index (κ3) is 21.5. The summed E-state index contributed by atoms with van der Waals surface area (Å²) in [5, 5.41) is 53.9. The summed E-state index contributed by atoms with van der Waals surface area (Å²) >= 11 is 1.93. The molecular formula is C89H81F5IN21O7. The summed E-state index contributed by atoms with van der Waals surface area (Å²) < 4.78 is 75.2. The van der Waals surface area contributed by atoms with Crippen LogP contribution in [0.1, 0.15) is 137 Å². The second-order valence-electron chi connectivity index (χ2n) is 28.6. The number of amides is 4. The van der Waals surface area contributed by atoms with E-state index in [2.05, 4.69) is 76.7 Å². The molecule has 123 heavy (non-hydrogen) atoms. The number of aromatic nitrogens is 12. The van der Waals surface area contributed by atoms with Crippen LogP contribution in [0.2, 0.25) is 0 Å². The molecule has 14 aromatic rings. The van der Waals surface area contributed by atoms with Gasteiger partial charge < -0.3 is 65.3 Å². The van der Waals surface area contributed by atoms with Crippen LogP contribution in [0, 0.1) is 32.7 Å². The molecule has 8 aromatic carbocycles. The summed E-state index contributed by atoms with van der Waals surface area (Å²) in [5.41, 5.74) is 39.5. The van der Waals surface area contributed by atoms with E-state index in [9.17, 15) is 56.4 Å². The second kappa shape index (κ2) is 39.8. The number of hydrogen-bond acceptors (Lipinski definition) is 22. The molecule has 6 heterocycles. The Kier molecular flexibility index (Phi) is 28.0. The van der Waals surface area contributed by atoms with Crippen LogP contribution in [0.4, 0.5) is 45.2 Å². The van der Waals surface area contributed by atoms with Crippen LogP contribution in [0.15, 0.2) is 231 Å².